The Bertz CT molecular complexity index is 1280. The zero-order valence-electron chi connectivity index (χ0n) is 16.3. The van der Waals surface area contributed by atoms with E-state index in [0.717, 1.165) is 11.3 Å². The standard InChI is InChI=1S/C24H18N2O5/c27-22(17-12-10-16(11-13-17)15-30-19-7-2-1-3-8-19)25-26-23(28)20-14-18-6-4-5-9-21(18)31-24(20)29/h1-14H,15H2,(H,25,27)(H,26,28). The molecule has 0 atom stereocenters. The van der Waals surface area contributed by atoms with E-state index in [4.69, 9.17) is 9.15 Å². The quantitative estimate of drug-likeness (QED) is 0.385. The number of benzene rings is 3. The first-order chi connectivity index (χ1) is 15.1. The predicted molar refractivity (Wildman–Crippen MR) is 115 cm³/mol. The molecule has 0 saturated carbocycles. The van der Waals surface area contributed by atoms with Crippen molar-refractivity contribution in [3.63, 3.8) is 0 Å². The molecule has 0 aliphatic heterocycles. The van der Waals surface area contributed by atoms with Gasteiger partial charge in [-0.25, -0.2) is 4.79 Å². The number of amides is 2. The monoisotopic (exact) mass is 414 g/mol. The van der Waals surface area contributed by atoms with Gasteiger partial charge in [0.15, 0.2) is 0 Å². The molecule has 0 aliphatic rings. The molecule has 1 aromatic heterocycles. The van der Waals surface area contributed by atoms with Gasteiger partial charge in [0.2, 0.25) is 0 Å². The minimum Gasteiger partial charge on any atom is -0.489 e. The zero-order chi connectivity index (χ0) is 21.6. The van der Waals surface area contributed by atoms with Crippen LogP contribution in [-0.4, -0.2) is 11.8 Å². The van der Waals surface area contributed by atoms with E-state index in [0.29, 0.717) is 23.1 Å². The van der Waals surface area contributed by atoms with Gasteiger partial charge in [0.05, 0.1) is 0 Å². The van der Waals surface area contributed by atoms with Gasteiger partial charge in [0.25, 0.3) is 11.8 Å². The molecule has 0 unspecified atom stereocenters. The van der Waals surface area contributed by atoms with Crippen LogP contribution in [0.2, 0.25) is 0 Å². The van der Waals surface area contributed by atoms with Crippen LogP contribution >= 0.6 is 0 Å². The molecule has 2 N–H and O–H groups in total. The number of hydrogen-bond donors (Lipinski definition) is 2. The molecule has 0 radical (unpaired) electrons. The highest BCUT2D eigenvalue weighted by atomic mass is 16.5. The van der Waals surface area contributed by atoms with Crippen LogP contribution in [0.15, 0.2) is 94.1 Å². The molecule has 0 saturated heterocycles. The predicted octanol–water partition coefficient (Wildman–Crippen LogP) is 3.45. The maximum atomic E-state index is 12.3. The SMILES string of the molecule is O=C(NNC(=O)c1cc2ccccc2oc1=O)c1ccc(COc2ccccc2)cc1. The lowest BCUT2D eigenvalue weighted by molar-refractivity contribution is 0.0844. The zero-order valence-corrected chi connectivity index (χ0v) is 16.3. The first kappa shape index (κ1) is 19.9. The van der Waals surface area contributed by atoms with Crippen LogP contribution in [0.1, 0.15) is 26.3 Å². The summed E-state index contributed by atoms with van der Waals surface area (Å²) < 4.78 is 10.8. The second kappa shape index (κ2) is 8.96. The average Bonchev–Trinajstić information content (AvgIpc) is 2.81. The summed E-state index contributed by atoms with van der Waals surface area (Å²) in [5.74, 6) is -0.528. The third-order valence-electron chi connectivity index (χ3n) is 4.54. The topological polar surface area (TPSA) is 97.6 Å². The van der Waals surface area contributed by atoms with Crippen molar-refractivity contribution in [2.75, 3.05) is 0 Å². The van der Waals surface area contributed by atoms with Gasteiger partial charge >= 0.3 is 5.63 Å². The molecule has 3 aromatic carbocycles. The molecule has 7 heteroatoms. The lowest BCUT2D eigenvalue weighted by Gasteiger charge is -2.09. The summed E-state index contributed by atoms with van der Waals surface area (Å²) >= 11 is 0. The Hall–Kier alpha value is -4.39. The van der Waals surface area contributed by atoms with E-state index in [1.165, 1.54) is 6.07 Å². The van der Waals surface area contributed by atoms with Crippen molar-refractivity contribution >= 4 is 22.8 Å². The molecule has 0 spiro atoms. The maximum absolute atomic E-state index is 12.3. The van der Waals surface area contributed by atoms with E-state index in [-0.39, 0.29) is 5.56 Å². The smallest absolute Gasteiger partial charge is 0.349 e. The van der Waals surface area contributed by atoms with Crippen molar-refractivity contribution in [3.05, 3.63) is 112 Å². The van der Waals surface area contributed by atoms with Gasteiger partial charge < -0.3 is 9.15 Å². The number of ether oxygens (including phenoxy) is 1. The molecule has 31 heavy (non-hydrogen) atoms. The minimum atomic E-state index is -0.784. The van der Waals surface area contributed by atoms with Crippen LogP contribution < -0.4 is 21.2 Å². The Kier molecular flexibility index (Phi) is 5.75. The Morgan fingerprint density at radius 3 is 2.26 bits per heavy atom. The van der Waals surface area contributed by atoms with Gasteiger partial charge in [-0.05, 0) is 42.0 Å². The van der Waals surface area contributed by atoms with E-state index < -0.39 is 17.4 Å². The molecule has 1 heterocycles. The Labute approximate surface area is 177 Å². The van der Waals surface area contributed by atoms with E-state index in [9.17, 15) is 14.4 Å². The van der Waals surface area contributed by atoms with Gasteiger partial charge in [-0.2, -0.15) is 0 Å². The summed E-state index contributed by atoms with van der Waals surface area (Å²) in [6, 6.07) is 24.4. The Balaban J connectivity index is 1.35. The molecule has 4 rings (SSSR count). The number of rotatable bonds is 5. The largest absolute Gasteiger partial charge is 0.489 e. The fraction of sp³-hybridized carbons (Fsp3) is 0.0417. The molecule has 0 bridgehead atoms. The molecule has 2 amide bonds. The van der Waals surface area contributed by atoms with Crippen molar-refractivity contribution < 1.29 is 18.7 Å². The van der Waals surface area contributed by atoms with Crippen LogP contribution in [0.25, 0.3) is 11.0 Å². The second-order valence-corrected chi connectivity index (χ2v) is 6.69. The van der Waals surface area contributed by atoms with Crippen LogP contribution in [0, 0.1) is 0 Å². The van der Waals surface area contributed by atoms with Gasteiger partial charge in [-0.15, -0.1) is 0 Å². The molecular formula is C24H18N2O5. The third-order valence-corrected chi connectivity index (χ3v) is 4.54. The summed E-state index contributed by atoms with van der Waals surface area (Å²) in [5, 5.41) is 0.604. The minimum absolute atomic E-state index is 0.201. The van der Waals surface area contributed by atoms with Crippen LogP contribution in [0.4, 0.5) is 0 Å². The molecule has 0 aliphatic carbocycles. The highest BCUT2D eigenvalue weighted by Crippen LogP contribution is 2.13. The van der Waals surface area contributed by atoms with E-state index >= 15 is 0 Å². The van der Waals surface area contributed by atoms with E-state index in [1.54, 1.807) is 48.5 Å². The van der Waals surface area contributed by atoms with Crippen molar-refractivity contribution in [1.82, 2.24) is 10.9 Å². The Morgan fingerprint density at radius 1 is 0.806 bits per heavy atom. The number of hydrogen-bond acceptors (Lipinski definition) is 5. The van der Waals surface area contributed by atoms with Gasteiger partial charge in [-0.3, -0.25) is 20.4 Å². The summed E-state index contributed by atoms with van der Waals surface area (Å²) in [5.41, 5.74) is 5.16. The van der Waals surface area contributed by atoms with Gasteiger partial charge in [-0.1, -0.05) is 48.5 Å². The van der Waals surface area contributed by atoms with E-state index in [1.807, 2.05) is 30.3 Å². The maximum Gasteiger partial charge on any atom is 0.349 e. The fourth-order valence-electron chi connectivity index (χ4n) is 2.91. The van der Waals surface area contributed by atoms with Crippen molar-refractivity contribution in [2.45, 2.75) is 6.61 Å². The first-order valence-electron chi connectivity index (χ1n) is 9.50. The second-order valence-electron chi connectivity index (χ2n) is 6.69. The van der Waals surface area contributed by atoms with Gasteiger partial charge in [0, 0.05) is 10.9 Å². The molecule has 4 aromatic rings. The number of para-hydroxylation sites is 2. The van der Waals surface area contributed by atoms with Crippen LogP contribution in [-0.2, 0) is 6.61 Å². The summed E-state index contributed by atoms with van der Waals surface area (Å²) in [6.07, 6.45) is 0. The number of hydrazine groups is 1. The highest BCUT2D eigenvalue weighted by Gasteiger charge is 2.15. The Morgan fingerprint density at radius 2 is 1.48 bits per heavy atom. The molecule has 0 fully saturated rings. The van der Waals surface area contributed by atoms with E-state index in [2.05, 4.69) is 10.9 Å². The van der Waals surface area contributed by atoms with Crippen LogP contribution in [0.5, 0.6) is 5.75 Å². The average molecular weight is 414 g/mol. The summed E-state index contributed by atoms with van der Waals surface area (Å²) in [6.45, 7) is 0.361. The first-order valence-corrected chi connectivity index (χ1v) is 9.50. The lowest BCUT2D eigenvalue weighted by atomic mass is 10.1. The lowest BCUT2D eigenvalue weighted by Crippen LogP contribution is -2.43. The highest BCUT2D eigenvalue weighted by molar-refractivity contribution is 6.00. The fourth-order valence-corrected chi connectivity index (χ4v) is 2.91. The number of carbonyl (C=O) groups is 2. The van der Waals surface area contributed by atoms with Crippen LogP contribution in [0.3, 0.4) is 0 Å². The van der Waals surface area contributed by atoms with Crippen molar-refractivity contribution in [1.29, 1.82) is 0 Å². The van der Waals surface area contributed by atoms with Crippen molar-refractivity contribution in [3.8, 4) is 5.75 Å². The number of carbonyl (C=O) groups excluding carboxylic acids is 2. The third kappa shape index (κ3) is 4.79. The molecule has 7 nitrogen and oxygen atoms in total. The number of fused-ring (bicyclic) bond motifs is 1. The molecular weight excluding hydrogens is 396 g/mol. The number of nitrogens with one attached hydrogen (secondary N) is 2. The summed E-state index contributed by atoms with van der Waals surface area (Å²) in [7, 11) is 0. The summed E-state index contributed by atoms with van der Waals surface area (Å²) in [4.78, 5) is 36.7. The molecule has 154 valence electrons. The normalized spacial score (nSPS) is 10.5. The van der Waals surface area contributed by atoms with Crippen molar-refractivity contribution in [2.24, 2.45) is 0 Å². The van der Waals surface area contributed by atoms with Gasteiger partial charge in [0.1, 0.15) is 23.5 Å².